The zero-order valence-electron chi connectivity index (χ0n) is 10.3. The fourth-order valence-electron chi connectivity index (χ4n) is 1.81. The fourth-order valence-corrected chi connectivity index (χ4v) is 1.81. The van der Waals surface area contributed by atoms with Gasteiger partial charge in [0.15, 0.2) is 0 Å². The molecule has 1 aliphatic carbocycles. The molecule has 0 aromatic heterocycles. The minimum Gasteiger partial charge on any atom is -0.480 e. The van der Waals surface area contributed by atoms with Gasteiger partial charge in [-0.3, -0.25) is 4.79 Å². The number of aliphatic carboxylic acids is 1. The maximum atomic E-state index is 13.4. The third-order valence-electron chi connectivity index (χ3n) is 2.94. The standard InChI is InChI=1S/C13H15FN2O3/c14-11-4-2-1-3-9(11)7-15-13(19)16(8-12(17)18)10-5-6-10/h1-4,10H,5-8H2,(H,15,19)(H,17,18). The molecule has 0 saturated heterocycles. The molecular formula is C13H15FN2O3. The van der Waals surface area contributed by atoms with Crippen LogP contribution < -0.4 is 5.32 Å². The molecule has 0 atom stereocenters. The van der Waals surface area contributed by atoms with Crippen LogP contribution in [0.5, 0.6) is 0 Å². The van der Waals surface area contributed by atoms with Crippen molar-refractivity contribution in [3.8, 4) is 0 Å². The van der Waals surface area contributed by atoms with Crippen LogP contribution in [0.15, 0.2) is 24.3 Å². The van der Waals surface area contributed by atoms with Crippen molar-refractivity contribution in [1.82, 2.24) is 10.2 Å². The maximum Gasteiger partial charge on any atom is 0.323 e. The summed E-state index contributed by atoms with van der Waals surface area (Å²) < 4.78 is 13.4. The van der Waals surface area contributed by atoms with Crippen LogP contribution in [0.3, 0.4) is 0 Å². The van der Waals surface area contributed by atoms with E-state index < -0.39 is 12.0 Å². The Morgan fingerprint density at radius 1 is 1.37 bits per heavy atom. The van der Waals surface area contributed by atoms with E-state index in [0.29, 0.717) is 5.56 Å². The number of carbonyl (C=O) groups is 2. The largest absolute Gasteiger partial charge is 0.480 e. The molecule has 0 radical (unpaired) electrons. The second-order valence-corrected chi connectivity index (χ2v) is 4.50. The molecule has 5 nitrogen and oxygen atoms in total. The minimum absolute atomic E-state index is 0.00304. The second kappa shape index (κ2) is 5.69. The number of carboxylic acids is 1. The van der Waals surface area contributed by atoms with Gasteiger partial charge in [0.25, 0.3) is 0 Å². The average Bonchev–Trinajstić information content (AvgIpc) is 3.18. The van der Waals surface area contributed by atoms with Crippen molar-refractivity contribution in [1.29, 1.82) is 0 Å². The lowest BCUT2D eigenvalue weighted by Crippen LogP contribution is -2.43. The monoisotopic (exact) mass is 266 g/mol. The first-order valence-electron chi connectivity index (χ1n) is 6.07. The van der Waals surface area contributed by atoms with Crippen LogP contribution >= 0.6 is 0 Å². The summed E-state index contributed by atoms with van der Waals surface area (Å²) >= 11 is 0. The van der Waals surface area contributed by atoms with Crippen LogP contribution in [0.25, 0.3) is 0 Å². The van der Waals surface area contributed by atoms with Gasteiger partial charge in [-0.05, 0) is 18.9 Å². The van der Waals surface area contributed by atoms with Crippen molar-refractivity contribution in [2.24, 2.45) is 0 Å². The molecule has 0 aliphatic heterocycles. The normalized spacial score (nSPS) is 13.9. The first-order chi connectivity index (χ1) is 9.08. The fraction of sp³-hybridized carbons (Fsp3) is 0.385. The number of hydrogen-bond donors (Lipinski definition) is 2. The van der Waals surface area contributed by atoms with Crippen LogP contribution in [0.2, 0.25) is 0 Å². The Balaban J connectivity index is 1.92. The van der Waals surface area contributed by atoms with Gasteiger partial charge in [-0.1, -0.05) is 18.2 Å². The van der Waals surface area contributed by atoms with E-state index in [0.717, 1.165) is 12.8 Å². The maximum absolute atomic E-state index is 13.4. The number of rotatable bonds is 5. The molecule has 0 bridgehead atoms. The molecule has 2 rings (SSSR count). The summed E-state index contributed by atoms with van der Waals surface area (Å²) in [5.41, 5.74) is 0.377. The highest BCUT2D eigenvalue weighted by Gasteiger charge is 2.33. The topological polar surface area (TPSA) is 69.6 Å². The molecule has 19 heavy (non-hydrogen) atoms. The summed E-state index contributed by atoms with van der Waals surface area (Å²) in [7, 11) is 0. The first kappa shape index (κ1) is 13.3. The van der Waals surface area contributed by atoms with E-state index in [2.05, 4.69) is 5.32 Å². The van der Waals surface area contributed by atoms with Crippen molar-refractivity contribution >= 4 is 12.0 Å². The second-order valence-electron chi connectivity index (χ2n) is 4.50. The van der Waals surface area contributed by atoms with E-state index in [9.17, 15) is 14.0 Å². The zero-order chi connectivity index (χ0) is 13.8. The Morgan fingerprint density at radius 2 is 2.05 bits per heavy atom. The molecule has 1 aliphatic rings. The van der Waals surface area contributed by atoms with Gasteiger partial charge < -0.3 is 15.3 Å². The Kier molecular flexibility index (Phi) is 3.99. The van der Waals surface area contributed by atoms with E-state index >= 15 is 0 Å². The van der Waals surface area contributed by atoms with E-state index in [1.54, 1.807) is 18.2 Å². The van der Waals surface area contributed by atoms with Crippen molar-refractivity contribution in [3.05, 3.63) is 35.6 Å². The smallest absolute Gasteiger partial charge is 0.323 e. The van der Waals surface area contributed by atoms with Crippen molar-refractivity contribution in [2.45, 2.75) is 25.4 Å². The molecule has 1 saturated carbocycles. The van der Waals surface area contributed by atoms with E-state index in [-0.39, 0.29) is 24.9 Å². The summed E-state index contributed by atoms with van der Waals surface area (Å²) in [5.74, 6) is -1.44. The number of nitrogens with one attached hydrogen (secondary N) is 1. The Morgan fingerprint density at radius 3 is 2.63 bits per heavy atom. The molecule has 2 N–H and O–H groups in total. The predicted octanol–water partition coefficient (Wildman–Crippen LogP) is 1.58. The SMILES string of the molecule is O=C(O)CN(C(=O)NCc1ccccc1F)C1CC1. The third-order valence-corrected chi connectivity index (χ3v) is 2.94. The van der Waals surface area contributed by atoms with Gasteiger partial charge in [0.05, 0.1) is 0 Å². The minimum atomic E-state index is -1.05. The van der Waals surface area contributed by atoms with Crippen LogP contribution in [-0.2, 0) is 11.3 Å². The molecule has 2 amide bonds. The summed E-state index contributed by atoms with van der Waals surface area (Å²) in [6, 6.07) is 5.68. The summed E-state index contributed by atoms with van der Waals surface area (Å²) in [6.45, 7) is -0.276. The Bertz CT molecular complexity index is 489. The molecule has 1 aromatic rings. The van der Waals surface area contributed by atoms with Crippen molar-refractivity contribution < 1.29 is 19.1 Å². The van der Waals surface area contributed by atoms with Crippen LogP contribution in [0, 0.1) is 5.82 Å². The van der Waals surface area contributed by atoms with Gasteiger partial charge in [-0.25, -0.2) is 9.18 Å². The quantitative estimate of drug-likeness (QED) is 0.850. The lowest BCUT2D eigenvalue weighted by atomic mass is 10.2. The molecule has 0 unspecified atom stereocenters. The zero-order valence-corrected chi connectivity index (χ0v) is 10.3. The van der Waals surface area contributed by atoms with Crippen LogP contribution in [0.4, 0.5) is 9.18 Å². The predicted molar refractivity (Wildman–Crippen MR) is 66.0 cm³/mol. The molecule has 0 heterocycles. The Hall–Kier alpha value is -2.11. The number of nitrogens with zero attached hydrogens (tertiary/aromatic N) is 1. The average molecular weight is 266 g/mol. The van der Waals surface area contributed by atoms with Gasteiger partial charge >= 0.3 is 12.0 Å². The number of urea groups is 1. The molecule has 0 spiro atoms. The number of carboxylic acid groups (broad SMARTS) is 1. The third kappa shape index (κ3) is 3.67. The van der Waals surface area contributed by atoms with Crippen LogP contribution in [0.1, 0.15) is 18.4 Å². The van der Waals surface area contributed by atoms with E-state index in [1.165, 1.54) is 11.0 Å². The number of carbonyl (C=O) groups excluding carboxylic acids is 1. The van der Waals surface area contributed by atoms with Gasteiger partial charge in [-0.2, -0.15) is 0 Å². The molecular weight excluding hydrogens is 251 g/mol. The summed E-state index contributed by atoms with van der Waals surface area (Å²) in [5, 5.41) is 11.3. The Labute approximate surface area is 110 Å². The molecule has 102 valence electrons. The van der Waals surface area contributed by atoms with Gasteiger partial charge in [-0.15, -0.1) is 0 Å². The number of benzene rings is 1. The summed E-state index contributed by atoms with van der Waals surface area (Å²) in [4.78, 5) is 23.8. The number of halogens is 1. The van der Waals surface area contributed by atoms with Crippen molar-refractivity contribution in [3.63, 3.8) is 0 Å². The van der Waals surface area contributed by atoms with Crippen LogP contribution in [-0.4, -0.2) is 34.6 Å². The molecule has 1 aromatic carbocycles. The number of hydrogen-bond acceptors (Lipinski definition) is 2. The first-order valence-corrected chi connectivity index (χ1v) is 6.07. The molecule has 1 fully saturated rings. The van der Waals surface area contributed by atoms with Gasteiger partial charge in [0.1, 0.15) is 12.4 Å². The number of amides is 2. The van der Waals surface area contributed by atoms with E-state index in [4.69, 9.17) is 5.11 Å². The van der Waals surface area contributed by atoms with Crippen molar-refractivity contribution in [2.75, 3.05) is 6.54 Å². The highest BCUT2D eigenvalue weighted by atomic mass is 19.1. The molecule has 6 heteroatoms. The summed E-state index contributed by atoms with van der Waals surface area (Å²) in [6.07, 6.45) is 1.64. The highest BCUT2D eigenvalue weighted by Crippen LogP contribution is 2.26. The highest BCUT2D eigenvalue weighted by molar-refractivity contribution is 5.80. The van der Waals surface area contributed by atoms with Gasteiger partial charge in [0, 0.05) is 18.2 Å². The lowest BCUT2D eigenvalue weighted by Gasteiger charge is -2.20. The van der Waals surface area contributed by atoms with E-state index in [1.807, 2.05) is 0 Å². The lowest BCUT2D eigenvalue weighted by molar-refractivity contribution is -0.137. The van der Waals surface area contributed by atoms with Gasteiger partial charge in [0.2, 0.25) is 0 Å².